The van der Waals surface area contributed by atoms with Crippen LogP contribution < -0.4 is 10.6 Å². The maximum atomic E-state index is 12.0. The lowest BCUT2D eigenvalue weighted by atomic mass is 9.85. The second-order valence-corrected chi connectivity index (χ2v) is 6.58. The van der Waals surface area contributed by atoms with Gasteiger partial charge in [-0.05, 0) is 42.0 Å². The molecular formula is C17H18Cl2N2O. The second-order valence-electron chi connectivity index (χ2n) is 5.71. The van der Waals surface area contributed by atoms with E-state index in [9.17, 15) is 4.79 Å². The molecule has 0 radical (unpaired) electrons. The highest BCUT2D eigenvalue weighted by atomic mass is 35.5. The Morgan fingerprint density at radius 2 is 1.73 bits per heavy atom. The summed E-state index contributed by atoms with van der Waals surface area (Å²) in [6.45, 7) is 4.61. The van der Waals surface area contributed by atoms with Crippen LogP contribution in [-0.4, -0.2) is 12.6 Å². The molecule has 2 aromatic carbocycles. The average molecular weight is 337 g/mol. The summed E-state index contributed by atoms with van der Waals surface area (Å²) in [4.78, 5) is 12.0. The number of anilines is 1. The standard InChI is InChI=1S/C17H18Cl2N2O/c1-17(2,12-4-3-5-14(19)10-12)11-20-16(22)21-15-8-6-13(18)7-9-15/h3-10H,11H2,1-2H3,(H2,20,21,22). The van der Waals surface area contributed by atoms with Gasteiger partial charge in [-0.15, -0.1) is 0 Å². The Morgan fingerprint density at radius 1 is 1.05 bits per heavy atom. The minimum Gasteiger partial charge on any atom is -0.337 e. The molecule has 0 aliphatic heterocycles. The summed E-state index contributed by atoms with van der Waals surface area (Å²) in [6.07, 6.45) is 0. The SMILES string of the molecule is CC(C)(CNC(=O)Nc1ccc(Cl)cc1)c1cccc(Cl)c1. The Morgan fingerprint density at radius 3 is 2.36 bits per heavy atom. The summed E-state index contributed by atoms with van der Waals surface area (Å²) in [7, 11) is 0. The van der Waals surface area contributed by atoms with Gasteiger partial charge in [-0.1, -0.05) is 49.2 Å². The van der Waals surface area contributed by atoms with Crippen molar-refractivity contribution in [1.29, 1.82) is 0 Å². The van der Waals surface area contributed by atoms with Crippen molar-refractivity contribution in [2.75, 3.05) is 11.9 Å². The normalized spacial score (nSPS) is 11.1. The summed E-state index contributed by atoms with van der Waals surface area (Å²) in [5.41, 5.74) is 1.55. The van der Waals surface area contributed by atoms with Crippen LogP contribution in [0.2, 0.25) is 10.0 Å². The van der Waals surface area contributed by atoms with E-state index < -0.39 is 0 Å². The van der Waals surface area contributed by atoms with E-state index in [1.807, 2.05) is 24.3 Å². The van der Waals surface area contributed by atoms with E-state index >= 15 is 0 Å². The zero-order valence-electron chi connectivity index (χ0n) is 12.5. The van der Waals surface area contributed by atoms with E-state index in [-0.39, 0.29) is 11.4 Å². The van der Waals surface area contributed by atoms with Gasteiger partial charge < -0.3 is 10.6 Å². The van der Waals surface area contributed by atoms with E-state index in [0.717, 1.165) is 5.56 Å². The van der Waals surface area contributed by atoms with Crippen molar-refractivity contribution >= 4 is 34.9 Å². The third kappa shape index (κ3) is 4.65. The van der Waals surface area contributed by atoms with Crippen molar-refractivity contribution in [3.05, 3.63) is 64.1 Å². The first-order valence-electron chi connectivity index (χ1n) is 6.93. The van der Waals surface area contributed by atoms with Crippen LogP contribution in [0.1, 0.15) is 19.4 Å². The fourth-order valence-electron chi connectivity index (χ4n) is 2.02. The first-order chi connectivity index (χ1) is 10.4. The van der Waals surface area contributed by atoms with Gasteiger partial charge in [-0.3, -0.25) is 0 Å². The smallest absolute Gasteiger partial charge is 0.319 e. The number of hydrogen-bond acceptors (Lipinski definition) is 1. The number of benzene rings is 2. The maximum absolute atomic E-state index is 12.0. The molecule has 3 nitrogen and oxygen atoms in total. The molecule has 0 bridgehead atoms. The van der Waals surface area contributed by atoms with Gasteiger partial charge in [0.1, 0.15) is 0 Å². The molecule has 22 heavy (non-hydrogen) atoms. The summed E-state index contributed by atoms with van der Waals surface area (Å²) >= 11 is 11.8. The molecule has 5 heteroatoms. The molecule has 0 atom stereocenters. The van der Waals surface area contributed by atoms with Gasteiger partial charge in [0, 0.05) is 27.7 Å². The van der Waals surface area contributed by atoms with Gasteiger partial charge in [0.2, 0.25) is 0 Å². The highest BCUT2D eigenvalue weighted by Crippen LogP contribution is 2.24. The topological polar surface area (TPSA) is 41.1 Å². The predicted octanol–water partition coefficient (Wildman–Crippen LogP) is 5.09. The number of urea groups is 1. The number of amides is 2. The Bertz CT molecular complexity index is 654. The summed E-state index contributed by atoms with van der Waals surface area (Å²) in [5.74, 6) is 0. The van der Waals surface area contributed by atoms with Gasteiger partial charge in [-0.2, -0.15) is 0 Å². The molecule has 0 saturated carbocycles. The van der Waals surface area contributed by atoms with Crippen molar-refractivity contribution in [3.8, 4) is 0 Å². The zero-order valence-corrected chi connectivity index (χ0v) is 14.0. The van der Waals surface area contributed by atoms with Gasteiger partial charge in [0.15, 0.2) is 0 Å². The molecule has 116 valence electrons. The van der Waals surface area contributed by atoms with Crippen molar-refractivity contribution in [3.63, 3.8) is 0 Å². The number of hydrogen-bond donors (Lipinski definition) is 2. The monoisotopic (exact) mass is 336 g/mol. The van der Waals surface area contributed by atoms with Crippen LogP contribution in [0.4, 0.5) is 10.5 Å². The molecule has 0 saturated heterocycles. The van der Waals surface area contributed by atoms with Crippen LogP contribution in [0, 0.1) is 0 Å². The lowest BCUT2D eigenvalue weighted by Crippen LogP contribution is -2.38. The molecule has 0 fully saturated rings. The number of halogens is 2. The van der Waals surface area contributed by atoms with Crippen molar-refractivity contribution in [1.82, 2.24) is 5.32 Å². The molecule has 0 unspecified atom stereocenters. The van der Waals surface area contributed by atoms with Crippen LogP contribution in [0.15, 0.2) is 48.5 Å². The van der Waals surface area contributed by atoms with Gasteiger partial charge in [0.05, 0.1) is 0 Å². The molecule has 0 aliphatic rings. The van der Waals surface area contributed by atoms with Crippen molar-refractivity contribution < 1.29 is 4.79 Å². The van der Waals surface area contributed by atoms with Crippen LogP contribution in [0.25, 0.3) is 0 Å². The van der Waals surface area contributed by atoms with Gasteiger partial charge in [-0.25, -0.2) is 4.79 Å². The molecule has 0 aliphatic carbocycles. The minimum atomic E-state index is -0.252. The molecule has 0 aromatic heterocycles. The van der Waals surface area contributed by atoms with E-state index in [0.29, 0.717) is 22.3 Å². The Balaban J connectivity index is 1.93. The zero-order chi connectivity index (χ0) is 16.2. The first-order valence-corrected chi connectivity index (χ1v) is 7.69. The first kappa shape index (κ1) is 16.7. The third-order valence-corrected chi connectivity index (χ3v) is 3.89. The molecule has 0 heterocycles. The van der Waals surface area contributed by atoms with E-state index in [1.165, 1.54) is 0 Å². The lowest BCUT2D eigenvalue weighted by Gasteiger charge is -2.26. The Hall–Kier alpha value is -1.71. The second kappa shape index (κ2) is 7.03. The van der Waals surface area contributed by atoms with Gasteiger partial charge in [0.25, 0.3) is 0 Å². The largest absolute Gasteiger partial charge is 0.337 e. The average Bonchev–Trinajstić information content (AvgIpc) is 2.48. The molecular weight excluding hydrogens is 319 g/mol. The fourth-order valence-corrected chi connectivity index (χ4v) is 2.34. The summed E-state index contributed by atoms with van der Waals surface area (Å²) in [6, 6.07) is 14.4. The summed E-state index contributed by atoms with van der Waals surface area (Å²) < 4.78 is 0. The number of rotatable bonds is 4. The fraction of sp³-hybridized carbons (Fsp3) is 0.235. The van der Waals surface area contributed by atoms with Crippen LogP contribution in [0.5, 0.6) is 0 Å². The molecule has 2 amide bonds. The molecule has 2 rings (SSSR count). The molecule has 2 N–H and O–H groups in total. The van der Waals surface area contributed by atoms with Crippen LogP contribution in [-0.2, 0) is 5.41 Å². The maximum Gasteiger partial charge on any atom is 0.319 e. The van der Waals surface area contributed by atoms with E-state index in [1.54, 1.807) is 24.3 Å². The highest BCUT2D eigenvalue weighted by Gasteiger charge is 2.21. The minimum absolute atomic E-state index is 0.220. The molecule has 0 spiro atoms. The van der Waals surface area contributed by atoms with Crippen molar-refractivity contribution in [2.45, 2.75) is 19.3 Å². The molecule has 2 aromatic rings. The summed E-state index contributed by atoms with van der Waals surface area (Å²) in [5, 5.41) is 6.97. The van der Waals surface area contributed by atoms with E-state index in [2.05, 4.69) is 24.5 Å². The van der Waals surface area contributed by atoms with E-state index in [4.69, 9.17) is 23.2 Å². The quantitative estimate of drug-likeness (QED) is 0.801. The Labute approximate surface area is 140 Å². The third-order valence-electron chi connectivity index (χ3n) is 3.40. The predicted molar refractivity (Wildman–Crippen MR) is 93.0 cm³/mol. The van der Waals surface area contributed by atoms with Crippen molar-refractivity contribution in [2.24, 2.45) is 0 Å². The lowest BCUT2D eigenvalue weighted by molar-refractivity contribution is 0.249. The number of carbonyl (C=O) groups is 1. The highest BCUT2D eigenvalue weighted by molar-refractivity contribution is 6.30. The van der Waals surface area contributed by atoms with Gasteiger partial charge >= 0.3 is 6.03 Å². The number of carbonyl (C=O) groups excluding carboxylic acids is 1. The van der Waals surface area contributed by atoms with Crippen LogP contribution in [0.3, 0.4) is 0 Å². The number of nitrogens with one attached hydrogen (secondary N) is 2. The van der Waals surface area contributed by atoms with Crippen LogP contribution >= 0.6 is 23.2 Å². The Kier molecular flexibility index (Phi) is 5.33.